The molecule has 0 unspecified atom stereocenters. The summed E-state index contributed by atoms with van der Waals surface area (Å²) in [7, 11) is 1.65. The Balaban J connectivity index is 1.70. The number of hydrogen-bond donors (Lipinski definition) is 3. The first-order chi connectivity index (χ1) is 11.7. The van der Waals surface area contributed by atoms with Crippen molar-refractivity contribution in [3.05, 3.63) is 30.1 Å². The van der Waals surface area contributed by atoms with Crippen molar-refractivity contribution in [1.82, 2.24) is 15.0 Å². The lowest BCUT2D eigenvalue weighted by atomic mass is 10.2. The summed E-state index contributed by atoms with van der Waals surface area (Å²) in [4.78, 5) is 14.5. The van der Waals surface area contributed by atoms with Gasteiger partial charge in [0, 0.05) is 5.69 Å². The lowest BCUT2D eigenvalue weighted by Gasteiger charge is -2.16. The largest absolute Gasteiger partial charge is 0.497 e. The van der Waals surface area contributed by atoms with E-state index < -0.39 is 0 Å². The molecule has 7 nitrogen and oxygen atoms in total. The molecule has 128 valence electrons. The monoisotopic (exact) mass is 329 g/mol. The van der Waals surface area contributed by atoms with Crippen LogP contribution in [0.4, 0.5) is 17.6 Å². The molecule has 1 aromatic carbocycles. The minimum atomic E-state index is 0.255. The molecule has 2 heterocycles. The second-order valence-corrected chi connectivity index (χ2v) is 6.13. The van der Waals surface area contributed by atoms with Crippen LogP contribution in [0.1, 0.15) is 31.5 Å². The number of nitrogen functional groups attached to an aromatic ring is 1. The summed E-state index contributed by atoms with van der Waals surface area (Å²) in [5.41, 5.74) is 6.75. The van der Waals surface area contributed by atoms with Crippen LogP contribution in [-0.4, -0.2) is 35.2 Å². The SMILES string of the molecule is COc1ccc(Nc2nc(N)nc(C[NH+]3CCCCCC3)n2)cc1. The molecule has 0 amide bonds. The Labute approximate surface area is 142 Å². The molecule has 4 N–H and O–H groups in total. The average molecular weight is 329 g/mol. The number of quaternary nitrogens is 1. The van der Waals surface area contributed by atoms with E-state index in [1.807, 2.05) is 24.3 Å². The number of aromatic nitrogens is 3. The maximum absolute atomic E-state index is 5.86. The summed E-state index contributed by atoms with van der Waals surface area (Å²) in [6, 6.07) is 7.60. The normalized spacial score (nSPS) is 15.7. The number of nitrogens with one attached hydrogen (secondary N) is 2. The number of rotatable bonds is 5. The van der Waals surface area contributed by atoms with Crippen LogP contribution in [0.3, 0.4) is 0 Å². The number of methoxy groups -OCH3 is 1. The van der Waals surface area contributed by atoms with Crippen molar-refractivity contribution in [2.24, 2.45) is 0 Å². The summed E-state index contributed by atoms with van der Waals surface area (Å²) >= 11 is 0. The predicted octanol–water partition coefficient (Wildman–Crippen LogP) is 1.16. The Morgan fingerprint density at radius 2 is 1.75 bits per heavy atom. The third-order valence-electron chi connectivity index (χ3n) is 4.26. The molecule has 1 saturated heterocycles. The molecule has 0 aliphatic carbocycles. The summed E-state index contributed by atoms with van der Waals surface area (Å²) in [5.74, 6) is 2.29. The fourth-order valence-corrected chi connectivity index (χ4v) is 3.01. The molecule has 1 fully saturated rings. The highest BCUT2D eigenvalue weighted by Gasteiger charge is 2.15. The van der Waals surface area contributed by atoms with Crippen molar-refractivity contribution in [1.29, 1.82) is 0 Å². The van der Waals surface area contributed by atoms with Gasteiger partial charge < -0.3 is 20.7 Å². The molecule has 0 spiro atoms. The summed E-state index contributed by atoms with van der Waals surface area (Å²) in [5, 5.41) is 3.18. The topological polar surface area (TPSA) is 90.4 Å². The van der Waals surface area contributed by atoms with E-state index in [-0.39, 0.29) is 5.95 Å². The minimum Gasteiger partial charge on any atom is -0.497 e. The number of benzene rings is 1. The van der Waals surface area contributed by atoms with E-state index in [2.05, 4.69) is 20.3 Å². The Hall–Kier alpha value is -2.41. The molecule has 0 radical (unpaired) electrons. The van der Waals surface area contributed by atoms with E-state index in [9.17, 15) is 0 Å². The molecule has 1 aliphatic heterocycles. The molecular weight excluding hydrogens is 304 g/mol. The van der Waals surface area contributed by atoms with Crippen molar-refractivity contribution >= 4 is 17.6 Å². The summed E-state index contributed by atoms with van der Waals surface area (Å²) in [6.45, 7) is 3.14. The van der Waals surface area contributed by atoms with Gasteiger partial charge in [0.05, 0.1) is 20.2 Å². The van der Waals surface area contributed by atoms with Crippen LogP contribution in [-0.2, 0) is 6.54 Å². The number of nitrogens with two attached hydrogens (primary N) is 1. The van der Waals surface area contributed by atoms with Crippen LogP contribution >= 0.6 is 0 Å². The average Bonchev–Trinajstić information content (AvgIpc) is 2.84. The first-order valence-corrected chi connectivity index (χ1v) is 8.48. The van der Waals surface area contributed by atoms with Crippen LogP contribution in [0.2, 0.25) is 0 Å². The molecule has 2 aromatic rings. The van der Waals surface area contributed by atoms with Gasteiger partial charge in [-0.3, -0.25) is 0 Å². The van der Waals surface area contributed by atoms with Gasteiger partial charge in [-0.05, 0) is 49.9 Å². The lowest BCUT2D eigenvalue weighted by molar-refractivity contribution is -0.913. The highest BCUT2D eigenvalue weighted by atomic mass is 16.5. The lowest BCUT2D eigenvalue weighted by Crippen LogP contribution is -3.10. The first-order valence-electron chi connectivity index (χ1n) is 8.48. The molecule has 0 atom stereocenters. The summed E-state index contributed by atoms with van der Waals surface area (Å²) in [6.07, 6.45) is 5.19. The van der Waals surface area contributed by atoms with E-state index in [1.54, 1.807) is 7.11 Å². The first kappa shape index (κ1) is 16.4. The summed E-state index contributed by atoms with van der Waals surface area (Å²) < 4.78 is 5.16. The van der Waals surface area contributed by atoms with Crippen LogP contribution in [0.25, 0.3) is 0 Å². The quantitative estimate of drug-likeness (QED) is 0.763. The maximum atomic E-state index is 5.86. The molecule has 24 heavy (non-hydrogen) atoms. The molecule has 3 rings (SSSR count). The smallest absolute Gasteiger partial charge is 0.232 e. The number of anilines is 3. The van der Waals surface area contributed by atoms with E-state index in [4.69, 9.17) is 10.5 Å². The predicted molar refractivity (Wildman–Crippen MR) is 93.4 cm³/mol. The molecular formula is C17H25N6O+. The van der Waals surface area contributed by atoms with Crippen molar-refractivity contribution in [2.45, 2.75) is 32.2 Å². The van der Waals surface area contributed by atoms with E-state index in [0.29, 0.717) is 5.95 Å². The van der Waals surface area contributed by atoms with Crippen molar-refractivity contribution in [2.75, 3.05) is 31.2 Å². The third kappa shape index (κ3) is 4.55. The highest BCUT2D eigenvalue weighted by Crippen LogP contribution is 2.18. The van der Waals surface area contributed by atoms with Gasteiger partial charge in [-0.2, -0.15) is 15.0 Å². The van der Waals surface area contributed by atoms with Crippen LogP contribution < -0.4 is 20.7 Å². The molecule has 7 heteroatoms. The van der Waals surface area contributed by atoms with Gasteiger partial charge >= 0.3 is 0 Å². The van der Waals surface area contributed by atoms with Gasteiger partial charge in [0.2, 0.25) is 11.9 Å². The fourth-order valence-electron chi connectivity index (χ4n) is 3.01. The zero-order valence-electron chi connectivity index (χ0n) is 14.1. The fraction of sp³-hybridized carbons (Fsp3) is 0.471. The number of likely N-dealkylation sites (tertiary alicyclic amines) is 1. The van der Waals surface area contributed by atoms with Gasteiger partial charge in [0.25, 0.3) is 0 Å². The molecule has 0 saturated carbocycles. The Morgan fingerprint density at radius 3 is 2.42 bits per heavy atom. The standard InChI is InChI=1S/C17H24N6O/c1-24-14-8-6-13(7-9-14)19-17-21-15(20-16(18)22-17)12-23-10-4-2-3-5-11-23/h6-9H,2-5,10-12H2,1H3,(H3,18,19,20,21,22)/p+1. The van der Waals surface area contributed by atoms with Crippen molar-refractivity contribution < 1.29 is 9.64 Å². The molecule has 1 aliphatic rings. The Kier molecular flexibility index (Phi) is 5.43. The number of nitrogens with zero attached hydrogens (tertiary/aromatic N) is 3. The van der Waals surface area contributed by atoms with Gasteiger partial charge in [-0.15, -0.1) is 0 Å². The minimum absolute atomic E-state index is 0.255. The van der Waals surface area contributed by atoms with Gasteiger partial charge in [0.15, 0.2) is 5.82 Å². The zero-order valence-corrected chi connectivity index (χ0v) is 14.1. The highest BCUT2D eigenvalue weighted by molar-refractivity contribution is 5.55. The third-order valence-corrected chi connectivity index (χ3v) is 4.26. The zero-order chi connectivity index (χ0) is 16.8. The van der Waals surface area contributed by atoms with Crippen LogP contribution in [0.15, 0.2) is 24.3 Å². The van der Waals surface area contributed by atoms with E-state index in [0.717, 1.165) is 23.8 Å². The van der Waals surface area contributed by atoms with Crippen LogP contribution in [0.5, 0.6) is 5.75 Å². The second kappa shape index (κ2) is 7.92. The second-order valence-electron chi connectivity index (χ2n) is 6.13. The van der Waals surface area contributed by atoms with Crippen molar-refractivity contribution in [3.63, 3.8) is 0 Å². The van der Waals surface area contributed by atoms with Crippen molar-refractivity contribution in [3.8, 4) is 5.75 Å². The van der Waals surface area contributed by atoms with Crippen LogP contribution in [0, 0.1) is 0 Å². The number of hydrogen-bond acceptors (Lipinski definition) is 6. The number of ether oxygens (including phenoxy) is 1. The van der Waals surface area contributed by atoms with Gasteiger partial charge in [-0.1, -0.05) is 0 Å². The van der Waals surface area contributed by atoms with Gasteiger partial charge in [0.1, 0.15) is 12.3 Å². The Bertz CT molecular complexity index is 653. The van der Waals surface area contributed by atoms with E-state index >= 15 is 0 Å². The Morgan fingerprint density at radius 1 is 1.04 bits per heavy atom. The van der Waals surface area contributed by atoms with E-state index in [1.165, 1.54) is 43.7 Å². The molecule has 1 aromatic heterocycles. The maximum Gasteiger partial charge on any atom is 0.232 e. The molecule has 0 bridgehead atoms. The van der Waals surface area contributed by atoms with Gasteiger partial charge in [-0.25, -0.2) is 0 Å².